The molecular formula is C19H14ClF2N3O2. The van der Waals surface area contributed by atoms with Crippen LogP contribution in [0.4, 0.5) is 14.6 Å². The Bertz CT molecular complexity index is 979. The number of ether oxygens (including phenoxy) is 2. The van der Waals surface area contributed by atoms with E-state index in [0.717, 1.165) is 11.3 Å². The molecule has 1 N–H and O–H groups in total. The zero-order valence-corrected chi connectivity index (χ0v) is 14.9. The minimum absolute atomic E-state index is 0.0616. The van der Waals surface area contributed by atoms with E-state index in [1.807, 2.05) is 19.1 Å². The molecule has 0 radical (unpaired) electrons. The van der Waals surface area contributed by atoms with Crippen molar-refractivity contribution < 1.29 is 18.3 Å². The van der Waals surface area contributed by atoms with Gasteiger partial charge in [0.05, 0.1) is 5.02 Å². The summed E-state index contributed by atoms with van der Waals surface area (Å²) in [6.07, 6.45) is -0.267. The Balaban J connectivity index is 1.50. The normalized spacial score (nSPS) is 14.2. The molecule has 1 aromatic carbocycles. The Morgan fingerprint density at radius 2 is 1.81 bits per heavy atom. The molecule has 1 aliphatic heterocycles. The average molecular weight is 390 g/mol. The maximum atomic E-state index is 13.2. The minimum Gasteiger partial charge on any atom is -0.395 e. The second-order valence-corrected chi connectivity index (χ2v) is 6.45. The molecule has 0 fully saturated rings. The second kappa shape index (κ2) is 6.66. The summed E-state index contributed by atoms with van der Waals surface area (Å²) in [7, 11) is 0. The molecule has 0 atom stereocenters. The van der Waals surface area contributed by atoms with Gasteiger partial charge in [-0.3, -0.25) is 4.98 Å². The predicted octanol–water partition coefficient (Wildman–Crippen LogP) is 5.04. The fraction of sp³-hybridized carbons (Fsp3) is 0.158. The van der Waals surface area contributed by atoms with Gasteiger partial charge in [-0.05, 0) is 36.8 Å². The minimum atomic E-state index is -3.68. The van der Waals surface area contributed by atoms with Crippen LogP contribution in [-0.2, 0) is 6.54 Å². The van der Waals surface area contributed by atoms with Crippen molar-refractivity contribution >= 4 is 17.4 Å². The molecule has 2 aromatic heterocycles. The number of aromatic nitrogens is 2. The van der Waals surface area contributed by atoms with Crippen LogP contribution in [0, 0.1) is 6.92 Å². The predicted molar refractivity (Wildman–Crippen MR) is 97.2 cm³/mol. The molecule has 4 rings (SSSR count). The molecule has 27 heavy (non-hydrogen) atoms. The summed E-state index contributed by atoms with van der Waals surface area (Å²) in [4.78, 5) is 8.58. The highest BCUT2D eigenvalue weighted by Crippen LogP contribution is 2.45. The molecule has 0 bridgehead atoms. The zero-order chi connectivity index (χ0) is 19.0. The van der Waals surface area contributed by atoms with Gasteiger partial charge >= 0.3 is 6.29 Å². The largest absolute Gasteiger partial charge is 0.586 e. The number of benzene rings is 1. The Kier molecular flexibility index (Phi) is 4.31. The molecule has 0 aliphatic carbocycles. The van der Waals surface area contributed by atoms with Gasteiger partial charge in [0.2, 0.25) is 0 Å². The van der Waals surface area contributed by atoms with Gasteiger partial charge in [0.1, 0.15) is 5.82 Å². The van der Waals surface area contributed by atoms with Crippen molar-refractivity contribution in [2.75, 3.05) is 5.32 Å². The van der Waals surface area contributed by atoms with Gasteiger partial charge in [-0.2, -0.15) is 0 Å². The summed E-state index contributed by atoms with van der Waals surface area (Å²) < 4.78 is 35.3. The highest BCUT2D eigenvalue weighted by molar-refractivity contribution is 6.33. The van der Waals surface area contributed by atoms with Crippen molar-refractivity contribution in [2.24, 2.45) is 0 Å². The quantitative estimate of drug-likeness (QED) is 0.677. The molecule has 0 amide bonds. The van der Waals surface area contributed by atoms with Crippen molar-refractivity contribution in [1.29, 1.82) is 0 Å². The molecule has 5 nitrogen and oxygen atoms in total. The molecule has 3 aromatic rings. The maximum absolute atomic E-state index is 13.2. The van der Waals surface area contributed by atoms with Gasteiger partial charge in [-0.15, -0.1) is 8.78 Å². The van der Waals surface area contributed by atoms with E-state index in [-0.39, 0.29) is 16.5 Å². The fourth-order valence-electron chi connectivity index (χ4n) is 2.65. The number of nitrogens with one attached hydrogen (secondary N) is 1. The molecule has 0 unspecified atom stereocenters. The van der Waals surface area contributed by atoms with E-state index in [2.05, 4.69) is 24.8 Å². The van der Waals surface area contributed by atoms with E-state index in [1.54, 1.807) is 24.5 Å². The molecule has 8 heteroatoms. The summed E-state index contributed by atoms with van der Waals surface area (Å²) in [5.74, 6) is 0.517. The lowest BCUT2D eigenvalue weighted by Crippen LogP contribution is -2.25. The van der Waals surface area contributed by atoms with Crippen molar-refractivity contribution in [1.82, 2.24) is 9.97 Å². The van der Waals surface area contributed by atoms with E-state index >= 15 is 0 Å². The number of alkyl halides is 2. The SMILES string of the molecule is Cc1ccc(CNc2ccc(-c3cc4c(cc3Cl)OC(F)(F)O4)cn2)cn1. The van der Waals surface area contributed by atoms with Gasteiger partial charge in [-0.1, -0.05) is 17.7 Å². The molecule has 1 aliphatic rings. The Labute approximate surface area is 158 Å². The number of halogens is 3. The Morgan fingerprint density at radius 1 is 1.04 bits per heavy atom. The summed E-state index contributed by atoms with van der Waals surface area (Å²) in [6.45, 7) is 2.51. The van der Waals surface area contributed by atoms with Crippen molar-refractivity contribution in [3.8, 4) is 22.6 Å². The number of hydrogen-bond acceptors (Lipinski definition) is 5. The summed E-state index contributed by atoms with van der Waals surface area (Å²) >= 11 is 6.20. The fourth-order valence-corrected chi connectivity index (χ4v) is 2.91. The molecule has 138 valence electrons. The number of aryl methyl sites for hydroxylation is 1. The van der Waals surface area contributed by atoms with Crippen LogP contribution in [0.3, 0.4) is 0 Å². The van der Waals surface area contributed by atoms with E-state index in [0.29, 0.717) is 23.5 Å². The summed E-state index contributed by atoms with van der Waals surface area (Å²) in [5.41, 5.74) is 3.19. The first kappa shape index (κ1) is 17.5. The van der Waals surface area contributed by atoms with Crippen LogP contribution >= 0.6 is 11.6 Å². The Hall–Kier alpha value is -2.93. The van der Waals surface area contributed by atoms with E-state index in [4.69, 9.17) is 11.6 Å². The van der Waals surface area contributed by atoms with Crippen molar-refractivity contribution in [3.63, 3.8) is 0 Å². The highest BCUT2D eigenvalue weighted by atomic mass is 35.5. The van der Waals surface area contributed by atoms with Crippen LogP contribution in [0.2, 0.25) is 5.02 Å². The van der Waals surface area contributed by atoms with Crippen LogP contribution in [0.5, 0.6) is 11.5 Å². The number of anilines is 1. The lowest BCUT2D eigenvalue weighted by atomic mass is 10.1. The molecule has 0 saturated heterocycles. The number of nitrogens with zero attached hydrogens (tertiary/aromatic N) is 2. The van der Waals surface area contributed by atoms with Gasteiger partial charge in [0, 0.05) is 41.8 Å². The van der Waals surface area contributed by atoms with Crippen LogP contribution in [0.15, 0.2) is 48.8 Å². The van der Waals surface area contributed by atoms with Crippen LogP contribution in [0.25, 0.3) is 11.1 Å². The molecule has 0 saturated carbocycles. The van der Waals surface area contributed by atoms with E-state index < -0.39 is 6.29 Å². The van der Waals surface area contributed by atoms with Crippen LogP contribution in [0.1, 0.15) is 11.3 Å². The van der Waals surface area contributed by atoms with Crippen LogP contribution in [-0.4, -0.2) is 16.3 Å². The first-order valence-electron chi connectivity index (χ1n) is 8.11. The standard InChI is InChI=1S/C19H14ClF2N3O2/c1-11-2-3-12(8-23-11)9-24-18-5-4-13(10-25-18)14-6-16-17(7-15(14)20)27-19(21,22)26-16/h2-8,10H,9H2,1H3,(H,24,25). The molecule has 0 spiro atoms. The first-order chi connectivity index (χ1) is 12.9. The zero-order valence-electron chi connectivity index (χ0n) is 14.2. The lowest BCUT2D eigenvalue weighted by molar-refractivity contribution is -0.286. The summed E-state index contributed by atoms with van der Waals surface area (Å²) in [6, 6.07) is 10.2. The average Bonchev–Trinajstić information content (AvgIpc) is 2.94. The highest BCUT2D eigenvalue weighted by Gasteiger charge is 2.43. The number of fused-ring (bicyclic) bond motifs is 1. The topological polar surface area (TPSA) is 56.3 Å². The number of hydrogen-bond donors (Lipinski definition) is 1. The molecular weight excluding hydrogens is 376 g/mol. The van der Waals surface area contributed by atoms with E-state index in [9.17, 15) is 8.78 Å². The second-order valence-electron chi connectivity index (χ2n) is 6.04. The van der Waals surface area contributed by atoms with Crippen LogP contribution < -0.4 is 14.8 Å². The number of rotatable bonds is 4. The third-order valence-corrected chi connectivity index (χ3v) is 4.32. The van der Waals surface area contributed by atoms with Gasteiger partial charge in [-0.25, -0.2) is 4.98 Å². The van der Waals surface area contributed by atoms with Gasteiger partial charge in [0.15, 0.2) is 11.5 Å². The Morgan fingerprint density at radius 3 is 2.48 bits per heavy atom. The third-order valence-electron chi connectivity index (χ3n) is 4.01. The number of pyridine rings is 2. The lowest BCUT2D eigenvalue weighted by Gasteiger charge is -2.09. The monoisotopic (exact) mass is 389 g/mol. The maximum Gasteiger partial charge on any atom is 0.586 e. The smallest absolute Gasteiger partial charge is 0.395 e. The van der Waals surface area contributed by atoms with Crippen molar-refractivity contribution in [3.05, 3.63) is 65.1 Å². The molecule has 3 heterocycles. The van der Waals surface area contributed by atoms with Crippen molar-refractivity contribution in [2.45, 2.75) is 19.8 Å². The van der Waals surface area contributed by atoms with Gasteiger partial charge < -0.3 is 14.8 Å². The first-order valence-corrected chi connectivity index (χ1v) is 8.49. The van der Waals surface area contributed by atoms with E-state index in [1.165, 1.54) is 12.1 Å². The third kappa shape index (κ3) is 3.78. The summed E-state index contributed by atoms with van der Waals surface area (Å²) in [5, 5.41) is 3.47. The van der Waals surface area contributed by atoms with Gasteiger partial charge in [0.25, 0.3) is 0 Å².